The van der Waals surface area contributed by atoms with Crippen molar-refractivity contribution in [2.24, 2.45) is 10.9 Å². The molecule has 0 spiro atoms. The second kappa shape index (κ2) is 12.3. The van der Waals surface area contributed by atoms with E-state index in [0.717, 1.165) is 65.0 Å². The normalized spacial score (nSPS) is 17.3. The highest BCUT2D eigenvalue weighted by atomic mass is 32.1. The SMILES string of the molecule is CN=C(NCCCOCC(C)C)NCC(c1ccc(C)s1)N1CCOCC1. The van der Waals surface area contributed by atoms with Gasteiger partial charge in [0.15, 0.2) is 5.96 Å². The van der Waals surface area contributed by atoms with Crippen LogP contribution < -0.4 is 10.6 Å². The Hall–Kier alpha value is -1.15. The van der Waals surface area contributed by atoms with Crippen LogP contribution in [-0.2, 0) is 9.47 Å². The summed E-state index contributed by atoms with van der Waals surface area (Å²) >= 11 is 1.88. The van der Waals surface area contributed by atoms with Crippen molar-refractivity contribution in [1.82, 2.24) is 15.5 Å². The lowest BCUT2D eigenvalue weighted by molar-refractivity contribution is 0.0177. The van der Waals surface area contributed by atoms with Crippen molar-refractivity contribution < 1.29 is 9.47 Å². The zero-order valence-electron chi connectivity index (χ0n) is 17.3. The molecule has 1 aromatic heterocycles. The quantitative estimate of drug-likeness (QED) is 0.362. The fourth-order valence-corrected chi connectivity index (χ4v) is 4.06. The first-order valence-corrected chi connectivity index (χ1v) is 10.8. The summed E-state index contributed by atoms with van der Waals surface area (Å²) in [5.74, 6) is 1.44. The number of rotatable bonds is 10. The van der Waals surface area contributed by atoms with Crippen molar-refractivity contribution in [3.05, 3.63) is 21.9 Å². The third kappa shape index (κ3) is 8.17. The molecule has 0 aromatic carbocycles. The van der Waals surface area contributed by atoms with Crippen LogP contribution >= 0.6 is 11.3 Å². The topological polar surface area (TPSA) is 58.1 Å². The predicted molar refractivity (Wildman–Crippen MR) is 114 cm³/mol. The zero-order chi connectivity index (χ0) is 19.5. The molecule has 6 nitrogen and oxygen atoms in total. The number of aliphatic imine (C=N–C) groups is 1. The average molecular weight is 397 g/mol. The van der Waals surface area contributed by atoms with Gasteiger partial charge in [0.05, 0.1) is 19.3 Å². The fraction of sp³-hybridized carbons (Fsp3) is 0.750. The fourth-order valence-electron chi connectivity index (χ4n) is 3.05. The Labute approximate surface area is 168 Å². The summed E-state index contributed by atoms with van der Waals surface area (Å²) in [6.45, 7) is 13.4. The number of hydrogen-bond donors (Lipinski definition) is 2. The Morgan fingerprint density at radius 2 is 2.07 bits per heavy atom. The molecule has 27 heavy (non-hydrogen) atoms. The van der Waals surface area contributed by atoms with Gasteiger partial charge in [0.2, 0.25) is 0 Å². The summed E-state index contributed by atoms with van der Waals surface area (Å²) in [7, 11) is 1.82. The van der Waals surface area contributed by atoms with Gasteiger partial charge in [-0.3, -0.25) is 9.89 Å². The molecule has 1 atom stereocenters. The van der Waals surface area contributed by atoms with E-state index in [2.05, 4.69) is 53.4 Å². The molecule has 1 fully saturated rings. The highest BCUT2D eigenvalue weighted by Crippen LogP contribution is 2.27. The number of hydrogen-bond acceptors (Lipinski definition) is 5. The average Bonchev–Trinajstić information content (AvgIpc) is 3.09. The summed E-state index contributed by atoms with van der Waals surface area (Å²) in [5, 5.41) is 6.90. The van der Waals surface area contributed by atoms with Gasteiger partial charge in [-0.15, -0.1) is 11.3 Å². The maximum Gasteiger partial charge on any atom is 0.191 e. The predicted octanol–water partition coefficient (Wildman–Crippen LogP) is 2.66. The van der Waals surface area contributed by atoms with E-state index in [1.54, 1.807) is 0 Å². The van der Waals surface area contributed by atoms with Gasteiger partial charge in [0.25, 0.3) is 0 Å². The molecule has 1 aliphatic heterocycles. The molecule has 1 aliphatic rings. The van der Waals surface area contributed by atoms with Crippen LogP contribution in [0.15, 0.2) is 17.1 Å². The van der Waals surface area contributed by atoms with Gasteiger partial charge in [-0.25, -0.2) is 0 Å². The van der Waals surface area contributed by atoms with Crippen molar-refractivity contribution in [1.29, 1.82) is 0 Å². The first-order valence-electron chi connectivity index (χ1n) is 10.0. The molecule has 0 saturated carbocycles. The summed E-state index contributed by atoms with van der Waals surface area (Å²) in [6, 6.07) is 4.81. The monoisotopic (exact) mass is 396 g/mol. The Morgan fingerprint density at radius 3 is 2.70 bits per heavy atom. The highest BCUT2D eigenvalue weighted by Gasteiger charge is 2.24. The van der Waals surface area contributed by atoms with E-state index in [4.69, 9.17) is 9.47 Å². The van der Waals surface area contributed by atoms with E-state index in [-0.39, 0.29) is 0 Å². The minimum Gasteiger partial charge on any atom is -0.381 e. The molecule has 154 valence electrons. The van der Waals surface area contributed by atoms with Gasteiger partial charge in [0, 0.05) is 56.2 Å². The molecule has 2 heterocycles. The van der Waals surface area contributed by atoms with E-state index in [0.29, 0.717) is 12.0 Å². The van der Waals surface area contributed by atoms with Crippen LogP contribution in [0.1, 0.15) is 36.1 Å². The summed E-state index contributed by atoms with van der Waals surface area (Å²) in [5.41, 5.74) is 0. The Kier molecular flexibility index (Phi) is 10.1. The molecule has 1 saturated heterocycles. The van der Waals surface area contributed by atoms with Gasteiger partial charge in [-0.05, 0) is 31.4 Å². The van der Waals surface area contributed by atoms with E-state index >= 15 is 0 Å². The van der Waals surface area contributed by atoms with Crippen LogP contribution in [0.3, 0.4) is 0 Å². The van der Waals surface area contributed by atoms with Crippen molar-refractivity contribution in [2.75, 3.05) is 59.7 Å². The maximum atomic E-state index is 5.63. The smallest absolute Gasteiger partial charge is 0.191 e. The number of aryl methyl sites for hydroxylation is 1. The number of ether oxygens (including phenoxy) is 2. The molecule has 0 aliphatic carbocycles. The molecule has 1 unspecified atom stereocenters. The van der Waals surface area contributed by atoms with Crippen LogP contribution in [0.25, 0.3) is 0 Å². The third-order valence-electron chi connectivity index (χ3n) is 4.47. The van der Waals surface area contributed by atoms with Crippen LogP contribution in [0.4, 0.5) is 0 Å². The lowest BCUT2D eigenvalue weighted by Gasteiger charge is -2.34. The van der Waals surface area contributed by atoms with Crippen molar-refractivity contribution in [3.63, 3.8) is 0 Å². The van der Waals surface area contributed by atoms with Crippen molar-refractivity contribution in [3.8, 4) is 0 Å². The number of nitrogens with zero attached hydrogens (tertiary/aromatic N) is 2. The number of thiophene rings is 1. The minimum absolute atomic E-state index is 0.348. The molecule has 2 rings (SSSR count). The molecular weight excluding hydrogens is 360 g/mol. The number of nitrogens with one attached hydrogen (secondary N) is 2. The second-order valence-corrected chi connectivity index (χ2v) is 8.63. The molecule has 7 heteroatoms. The van der Waals surface area contributed by atoms with Crippen LogP contribution in [-0.4, -0.2) is 70.5 Å². The first kappa shape index (κ1) is 22.1. The van der Waals surface area contributed by atoms with Crippen molar-refractivity contribution >= 4 is 17.3 Å². The molecule has 2 N–H and O–H groups in total. The van der Waals surface area contributed by atoms with Crippen molar-refractivity contribution in [2.45, 2.75) is 33.2 Å². The van der Waals surface area contributed by atoms with E-state index < -0.39 is 0 Å². The van der Waals surface area contributed by atoms with E-state index in [1.807, 2.05) is 18.4 Å². The van der Waals surface area contributed by atoms with Gasteiger partial charge >= 0.3 is 0 Å². The Morgan fingerprint density at radius 1 is 1.30 bits per heavy atom. The van der Waals surface area contributed by atoms with Gasteiger partial charge < -0.3 is 20.1 Å². The van der Waals surface area contributed by atoms with E-state index in [1.165, 1.54) is 9.75 Å². The third-order valence-corrected chi connectivity index (χ3v) is 5.57. The van der Waals surface area contributed by atoms with Gasteiger partial charge in [-0.2, -0.15) is 0 Å². The van der Waals surface area contributed by atoms with Crippen LogP contribution in [0.2, 0.25) is 0 Å². The standard InChI is InChI=1S/C20H36N4O2S/c1-16(2)15-26-11-5-8-22-20(21-4)23-14-18(19-7-6-17(3)27-19)24-9-12-25-13-10-24/h6-7,16,18H,5,8-15H2,1-4H3,(H2,21,22,23). The highest BCUT2D eigenvalue weighted by molar-refractivity contribution is 7.12. The molecular formula is C20H36N4O2S. The summed E-state index contributed by atoms with van der Waals surface area (Å²) in [6.07, 6.45) is 0.977. The van der Waals surface area contributed by atoms with Crippen LogP contribution in [0, 0.1) is 12.8 Å². The van der Waals surface area contributed by atoms with Gasteiger partial charge in [-0.1, -0.05) is 13.8 Å². The van der Waals surface area contributed by atoms with Gasteiger partial charge in [0.1, 0.15) is 0 Å². The molecule has 0 bridgehead atoms. The molecule has 1 aromatic rings. The minimum atomic E-state index is 0.348. The summed E-state index contributed by atoms with van der Waals surface area (Å²) < 4.78 is 11.2. The summed E-state index contributed by atoms with van der Waals surface area (Å²) in [4.78, 5) is 9.63. The number of morpholine rings is 1. The molecule has 0 amide bonds. The largest absolute Gasteiger partial charge is 0.381 e. The lowest BCUT2D eigenvalue weighted by Crippen LogP contribution is -2.46. The Balaban J connectivity index is 1.79. The maximum absolute atomic E-state index is 5.63. The Bertz CT molecular complexity index is 556. The second-order valence-electron chi connectivity index (χ2n) is 7.31. The number of guanidine groups is 1. The van der Waals surface area contributed by atoms with E-state index in [9.17, 15) is 0 Å². The molecule has 0 radical (unpaired) electrons. The first-order chi connectivity index (χ1) is 13.1. The zero-order valence-corrected chi connectivity index (χ0v) is 18.1. The van der Waals surface area contributed by atoms with Crippen LogP contribution in [0.5, 0.6) is 0 Å². The lowest BCUT2D eigenvalue weighted by atomic mass is 10.2.